The topological polar surface area (TPSA) is 83.3 Å². The van der Waals surface area contributed by atoms with Crippen LogP contribution >= 0.6 is 0 Å². The number of hydrogen-bond donors (Lipinski definition) is 1. The molecule has 1 aromatic heterocycles. The molecule has 1 heterocycles. The maximum Gasteiger partial charge on any atom is 0.378 e. The van der Waals surface area contributed by atoms with Crippen molar-refractivity contribution >= 4 is 5.91 Å². The minimum Gasteiger partial charge on any atom is -0.366 e. The Morgan fingerprint density at radius 3 is 2.67 bits per heavy atom. The minimum absolute atomic E-state index is 0.146. The highest BCUT2D eigenvalue weighted by atomic mass is 16.5. The maximum absolute atomic E-state index is 11.1. The second kappa shape index (κ2) is 4.25. The van der Waals surface area contributed by atoms with Gasteiger partial charge in [-0.25, -0.2) is 9.51 Å². The van der Waals surface area contributed by atoms with Crippen LogP contribution in [0.15, 0.2) is 28.8 Å². The summed E-state index contributed by atoms with van der Waals surface area (Å²) in [6, 6.07) is 6.95. The normalized spacial score (nSPS) is 11.5. The molecular weight excluding hydrogens is 230 g/mol. The lowest BCUT2D eigenvalue weighted by molar-refractivity contribution is -0.393. The van der Waals surface area contributed by atoms with E-state index >= 15 is 0 Å². The molecule has 2 rings (SSSR count). The molecule has 0 aliphatic heterocycles. The van der Waals surface area contributed by atoms with Crippen molar-refractivity contribution in [1.29, 1.82) is 0 Å². The van der Waals surface area contributed by atoms with E-state index in [9.17, 15) is 4.79 Å². The van der Waals surface area contributed by atoms with Gasteiger partial charge < -0.3 is 5.73 Å². The second-order valence-electron chi connectivity index (χ2n) is 5.18. The summed E-state index contributed by atoms with van der Waals surface area (Å²) in [6.07, 6.45) is 0. The fourth-order valence-corrected chi connectivity index (χ4v) is 1.51. The summed E-state index contributed by atoms with van der Waals surface area (Å²) >= 11 is 0. The van der Waals surface area contributed by atoms with Crippen LogP contribution in [0.5, 0.6) is 0 Å². The highest BCUT2D eigenvalue weighted by molar-refractivity contribution is 5.93. The Hall–Kier alpha value is -2.17. The van der Waals surface area contributed by atoms with Crippen LogP contribution < -0.4 is 10.7 Å². The van der Waals surface area contributed by atoms with Crippen molar-refractivity contribution in [1.82, 2.24) is 5.16 Å². The van der Waals surface area contributed by atoms with Crippen molar-refractivity contribution in [3.8, 4) is 11.4 Å². The molecule has 0 fully saturated rings. The van der Waals surface area contributed by atoms with Crippen LogP contribution in [-0.4, -0.2) is 11.1 Å². The first kappa shape index (κ1) is 12.3. The van der Waals surface area contributed by atoms with Crippen LogP contribution in [0.1, 0.15) is 37.0 Å². The highest BCUT2D eigenvalue weighted by Crippen LogP contribution is 2.20. The third-order valence-electron chi connectivity index (χ3n) is 2.56. The van der Waals surface area contributed by atoms with E-state index in [1.807, 2.05) is 26.8 Å². The number of hydrogen-bond acceptors (Lipinski definition) is 3. The molecule has 18 heavy (non-hydrogen) atoms. The standard InChI is InChI=1S/C13H15N3O2/c1-13(2,3)12-15-11(16-18-12)9-6-4-5-8(7-9)10(14)17/h4-7H,1-3H3,(H2,14,17)/p+1. The number of carbonyl (C=O) groups excluding carboxylic acids is 1. The number of aromatic amines is 1. The number of carbonyl (C=O) groups is 1. The maximum atomic E-state index is 11.1. The molecule has 0 bridgehead atoms. The van der Waals surface area contributed by atoms with Gasteiger partial charge in [-0.3, -0.25) is 4.79 Å². The lowest BCUT2D eigenvalue weighted by Crippen LogP contribution is -2.22. The van der Waals surface area contributed by atoms with Gasteiger partial charge in [0.25, 0.3) is 0 Å². The average molecular weight is 246 g/mol. The number of H-pyrrole nitrogens is 1. The number of nitrogens with two attached hydrogens (primary N) is 1. The number of benzene rings is 1. The van der Waals surface area contributed by atoms with Gasteiger partial charge in [-0.05, 0) is 39.0 Å². The number of nitrogens with zero attached hydrogens (tertiary/aromatic N) is 1. The van der Waals surface area contributed by atoms with Gasteiger partial charge in [0, 0.05) is 5.56 Å². The van der Waals surface area contributed by atoms with Crippen LogP contribution in [0.25, 0.3) is 11.4 Å². The Bertz CT molecular complexity index is 582. The molecule has 2 aromatic rings. The largest absolute Gasteiger partial charge is 0.378 e. The van der Waals surface area contributed by atoms with Crippen molar-refractivity contribution in [2.24, 2.45) is 5.73 Å². The van der Waals surface area contributed by atoms with Crippen LogP contribution in [0.3, 0.4) is 0 Å². The Balaban J connectivity index is 2.40. The molecule has 0 aliphatic carbocycles. The third-order valence-corrected chi connectivity index (χ3v) is 2.56. The molecule has 1 aromatic carbocycles. The van der Waals surface area contributed by atoms with E-state index in [-0.39, 0.29) is 5.41 Å². The molecule has 0 unspecified atom stereocenters. The fraction of sp³-hybridized carbons (Fsp3) is 0.308. The van der Waals surface area contributed by atoms with Crippen molar-refractivity contribution in [3.05, 3.63) is 35.7 Å². The van der Waals surface area contributed by atoms with Crippen LogP contribution in [0.4, 0.5) is 0 Å². The van der Waals surface area contributed by atoms with Gasteiger partial charge in [-0.15, -0.1) is 0 Å². The Kier molecular flexibility index (Phi) is 2.90. The predicted molar refractivity (Wildman–Crippen MR) is 65.7 cm³/mol. The SMILES string of the molecule is CC(C)(C)c1[nH+]c(-c2cccc(C(N)=O)c2)no1. The lowest BCUT2D eigenvalue weighted by atomic mass is 9.97. The summed E-state index contributed by atoms with van der Waals surface area (Å²) in [5.41, 5.74) is 6.31. The summed E-state index contributed by atoms with van der Waals surface area (Å²) in [5.74, 6) is 0.807. The predicted octanol–water partition coefficient (Wildman–Crippen LogP) is 1.55. The zero-order valence-electron chi connectivity index (χ0n) is 10.7. The van der Waals surface area contributed by atoms with Crippen LogP contribution in [0, 0.1) is 0 Å². The van der Waals surface area contributed by atoms with Gasteiger partial charge in [0.2, 0.25) is 5.91 Å². The first-order valence-electron chi connectivity index (χ1n) is 5.67. The lowest BCUT2D eigenvalue weighted by Gasteiger charge is -2.07. The molecule has 94 valence electrons. The molecule has 0 saturated carbocycles. The molecule has 0 aliphatic rings. The zero-order valence-corrected chi connectivity index (χ0v) is 10.7. The molecule has 0 atom stereocenters. The van der Waals surface area contributed by atoms with Crippen molar-refractivity contribution < 1.29 is 14.3 Å². The van der Waals surface area contributed by atoms with Gasteiger partial charge in [0.15, 0.2) is 5.16 Å². The van der Waals surface area contributed by atoms with Gasteiger partial charge in [-0.1, -0.05) is 6.07 Å². The summed E-state index contributed by atoms with van der Waals surface area (Å²) in [6.45, 7) is 6.06. The fourth-order valence-electron chi connectivity index (χ4n) is 1.51. The van der Waals surface area contributed by atoms with Crippen molar-refractivity contribution in [2.45, 2.75) is 26.2 Å². The molecular formula is C13H16N3O2+. The highest BCUT2D eigenvalue weighted by Gasteiger charge is 2.28. The second-order valence-corrected chi connectivity index (χ2v) is 5.18. The molecule has 0 spiro atoms. The van der Waals surface area contributed by atoms with Gasteiger partial charge >= 0.3 is 11.7 Å². The number of nitrogens with one attached hydrogen (secondary N) is 1. The monoisotopic (exact) mass is 246 g/mol. The first-order chi connectivity index (χ1) is 8.38. The third kappa shape index (κ3) is 2.40. The van der Waals surface area contributed by atoms with E-state index in [1.54, 1.807) is 18.2 Å². The molecule has 5 heteroatoms. The van der Waals surface area contributed by atoms with E-state index in [1.165, 1.54) is 0 Å². The van der Waals surface area contributed by atoms with E-state index in [2.05, 4.69) is 10.1 Å². The summed E-state index contributed by atoms with van der Waals surface area (Å²) < 4.78 is 5.26. The van der Waals surface area contributed by atoms with Crippen LogP contribution in [-0.2, 0) is 5.41 Å². The van der Waals surface area contributed by atoms with E-state index in [0.717, 1.165) is 5.56 Å². The van der Waals surface area contributed by atoms with Crippen molar-refractivity contribution in [3.63, 3.8) is 0 Å². The Morgan fingerprint density at radius 2 is 2.11 bits per heavy atom. The van der Waals surface area contributed by atoms with Crippen LogP contribution in [0.2, 0.25) is 0 Å². The average Bonchev–Trinajstić information content (AvgIpc) is 2.78. The molecule has 1 amide bonds. The Morgan fingerprint density at radius 1 is 1.39 bits per heavy atom. The Labute approximate surface area is 105 Å². The molecule has 0 radical (unpaired) electrons. The van der Waals surface area contributed by atoms with Gasteiger partial charge in [0.05, 0.1) is 11.0 Å². The van der Waals surface area contributed by atoms with E-state index in [4.69, 9.17) is 10.3 Å². The smallest absolute Gasteiger partial charge is 0.366 e. The number of aromatic nitrogens is 2. The van der Waals surface area contributed by atoms with E-state index in [0.29, 0.717) is 17.3 Å². The number of primary amides is 1. The first-order valence-corrected chi connectivity index (χ1v) is 5.67. The minimum atomic E-state index is -0.462. The summed E-state index contributed by atoms with van der Waals surface area (Å²) in [5, 5.41) is 3.97. The number of amides is 1. The molecule has 5 nitrogen and oxygen atoms in total. The van der Waals surface area contributed by atoms with Gasteiger partial charge in [0.1, 0.15) is 0 Å². The summed E-state index contributed by atoms with van der Waals surface area (Å²) in [7, 11) is 0. The molecule has 3 N–H and O–H groups in total. The summed E-state index contributed by atoms with van der Waals surface area (Å²) in [4.78, 5) is 14.2. The van der Waals surface area contributed by atoms with E-state index < -0.39 is 5.91 Å². The zero-order chi connectivity index (χ0) is 13.3. The quantitative estimate of drug-likeness (QED) is 0.872. The molecule has 0 saturated heterocycles. The van der Waals surface area contributed by atoms with Gasteiger partial charge in [-0.2, -0.15) is 0 Å². The van der Waals surface area contributed by atoms with Crippen molar-refractivity contribution in [2.75, 3.05) is 0 Å². The number of rotatable bonds is 2.